The van der Waals surface area contributed by atoms with Crippen LogP contribution in [0.2, 0.25) is 10.0 Å². The molecule has 6 heteroatoms. The number of benzene rings is 3. The number of nitrogens with one attached hydrogen (secondary N) is 2. The third-order valence-electron chi connectivity index (χ3n) is 5.37. The van der Waals surface area contributed by atoms with E-state index in [-0.39, 0.29) is 24.1 Å². The van der Waals surface area contributed by atoms with Gasteiger partial charge in [-0.25, -0.2) is 4.39 Å². The first-order chi connectivity index (χ1) is 15.0. The van der Waals surface area contributed by atoms with Crippen molar-refractivity contribution in [1.29, 1.82) is 0 Å². The Balaban J connectivity index is 1.51. The molecule has 0 saturated heterocycles. The van der Waals surface area contributed by atoms with E-state index in [2.05, 4.69) is 10.3 Å². The highest BCUT2D eigenvalue weighted by molar-refractivity contribution is 6.35. The smallest absolute Gasteiger partial charge is 0.220 e. The predicted molar refractivity (Wildman–Crippen MR) is 124 cm³/mol. The van der Waals surface area contributed by atoms with E-state index < -0.39 is 0 Å². The van der Waals surface area contributed by atoms with Gasteiger partial charge >= 0.3 is 0 Å². The fourth-order valence-electron chi connectivity index (χ4n) is 3.83. The molecule has 0 bridgehead atoms. The maximum atomic E-state index is 13.9. The number of aromatic nitrogens is 1. The van der Waals surface area contributed by atoms with Crippen LogP contribution < -0.4 is 5.32 Å². The number of carbonyl (C=O) groups excluding carboxylic acids is 1. The monoisotopic (exact) mass is 454 g/mol. The highest BCUT2D eigenvalue weighted by Gasteiger charge is 2.21. The molecule has 3 aromatic carbocycles. The first-order valence-corrected chi connectivity index (χ1v) is 10.8. The highest BCUT2D eigenvalue weighted by Crippen LogP contribution is 2.33. The Labute approximate surface area is 190 Å². The Morgan fingerprint density at radius 3 is 2.68 bits per heavy atom. The molecule has 31 heavy (non-hydrogen) atoms. The third-order valence-corrected chi connectivity index (χ3v) is 5.96. The van der Waals surface area contributed by atoms with E-state index >= 15 is 0 Å². The third kappa shape index (κ3) is 5.09. The number of hydrogen-bond donors (Lipinski definition) is 2. The average molecular weight is 455 g/mol. The Hall–Kier alpha value is -2.82. The summed E-state index contributed by atoms with van der Waals surface area (Å²) in [4.78, 5) is 16.1. The van der Waals surface area contributed by atoms with E-state index in [4.69, 9.17) is 23.2 Å². The summed E-state index contributed by atoms with van der Waals surface area (Å²) >= 11 is 12.1. The van der Waals surface area contributed by atoms with Crippen LogP contribution in [-0.2, 0) is 11.2 Å². The second-order valence-corrected chi connectivity index (χ2v) is 8.28. The summed E-state index contributed by atoms with van der Waals surface area (Å²) in [5.41, 5.74) is 3.64. The fraction of sp³-hybridized carbons (Fsp3) is 0.160. The van der Waals surface area contributed by atoms with Crippen LogP contribution >= 0.6 is 23.2 Å². The van der Waals surface area contributed by atoms with Crippen molar-refractivity contribution in [2.75, 3.05) is 6.54 Å². The van der Waals surface area contributed by atoms with Gasteiger partial charge in [0.15, 0.2) is 0 Å². The Morgan fingerprint density at radius 2 is 1.87 bits per heavy atom. The van der Waals surface area contributed by atoms with Gasteiger partial charge in [0, 0.05) is 46.0 Å². The van der Waals surface area contributed by atoms with E-state index in [1.165, 1.54) is 12.1 Å². The second-order valence-electron chi connectivity index (χ2n) is 7.44. The van der Waals surface area contributed by atoms with Crippen LogP contribution in [0.25, 0.3) is 10.9 Å². The summed E-state index contributed by atoms with van der Waals surface area (Å²) in [7, 11) is 0. The van der Waals surface area contributed by atoms with Crippen LogP contribution in [0.3, 0.4) is 0 Å². The van der Waals surface area contributed by atoms with Crippen LogP contribution in [-0.4, -0.2) is 17.4 Å². The molecular weight excluding hydrogens is 434 g/mol. The minimum absolute atomic E-state index is 0.107. The average Bonchev–Trinajstić information content (AvgIpc) is 3.17. The normalized spacial score (nSPS) is 12.1. The van der Waals surface area contributed by atoms with E-state index in [1.54, 1.807) is 18.2 Å². The molecule has 0 saturated carbocycles. The number of halogens is 3. The van der Waals surface area contributed by atoms with Crippen molar-refractivity contribution in [2.45, 2.75) is 18.8 Å². The van der Waals surface area contributed by atoms with Gasteiger partial charge in [-0.1, -0.05) is 59.6 Å². The van der Waals surface area contributed by atoms with Gasteiger partial charge in [-0.05, 0) is 53.4 Å². The molecular formula is C25H21Cl2FN2O. The minimum Gasteiger partial charge on any atom is -0.361 e. The van der Waals surface area contributed by atoms with Gasteiger partial charge in [-0.3, -0.25) is 4.79 Å². The van der Waals surface area contributed by atoms with Gasteiger partial charge in [-0.2, -0.15) is 0 Å². The lowest BCUT2D eigenvalue weighted by Gasteiger charge is -2.17. The summed E-state index contributed by atoms with van der Waals surface area (Å²) in [5.74, 6) is -0.698. The molecule has 1 atom stereocenters. The van der Waals surface area contributed by atoms with E-state index in [0.717, 1.165) is 27.6 Å². The molecule has 0 aliphatic rings. The zero-order chi connectivity index (χ0) is 21.8. The predicted octanol–water partition coefficient (Wildman–Crippen LogP) is 6.49. The molecule has 1 heterocycles. The number of para-hydroxylation sites is 1. The summed E-state index contributed by atoms with van der Waals surface area (Å²) in [6, 6.07) is 19.7. The minimum atomic E-state index is -0.319. The van der Waals surface area contributed by atoms with E-state index in [9.17, 15) is 9.18 Å². The van der Waals surface area contributed by atoms with Crippen LogP contribution in [0, 0.1) is 5.82 Å². The lowest BCUT2D eigenvalue weighted by atomic mass is 9.88. The largest absolute Gasteiger partial charge is 0.361 e. The van der Waals surface area contributed by atoms with Gasteiger partial charge in [0.05, 0.1) is 0 Å². The van der Waals surface area contributed by atoms with Crippen LogP contribution in [0.5, 0.6) is 0 Å². The topological polar surface area (TPSA) is 44.9 Å². The molecule has 1 amide bonds. The molecule has 4 aromatic rings. The SMILES string of the molecule is O=C(CC(c1cccc(F)c1)c1c[nH]c2ccccc12)NCCc1ccc(Cl)cc1Cl. The van der Waals surface area contributed by atoms with Crippen molar-refractivity contribution >= 4 is 40.0 Å². The van der Waals surface area contributed by atoms with E-state index in [0.29, 0.717) is 23.0 Å². The molecule has 0 aliphatic heterocycles. The molecule has 1 aromatic heterocycles. The number of amides is 1. The molecule has 0 aliphatic carbocycles. The lowest BCUT2D eigenvalue weighted by molar-refractivity contribution is -0.121. The summed E-state index contributed by atoms with van der Waals surface area (Å²) < 4.78 is 13.9. The Morgan fingerprint density at radius 1 is 1.03 bits per heavy atom. The van der Waals surface area contributed by atoms with Crippen LogP contribution in [0.4, 0.5) is 4.39 Å². The van der Waals surface area contributed by atoms with Gasteiger partial charge in [-0.15, -0.1) is 0 Å². The number of rotatable bonds is 7. The molecule has 1 unspecified atom stereocenters. The van der Waals surface area contributed by atoms with E-state index in [1.807, 2.05) is 42.6 Å². The number of H-pyrrole nitrogens is 1. The van der Waals surface area contributed by atoms with Crippen molar-refractivity contribution in [2.24, 2.45) is 0 Å². The molecule has 4 rings (SSSR count). The molecule has 0 fully saturated rings. The Kier molecular flexibility index (Phi) is 6.59. The molecule has 3 nitrogen and oxygen atoms in total. The quantitative estimate of drug-likeness (QED) is 0.329. The summed E-state index contributed by atoms with van der Waals surface area (Å²) in [6.07, 6.45) is 2.71. The second kappa shape index (κ2) is 9.54. The van der Waals surface area contributed by atoms with Gasteiger partial charge in [0.25, 0.3) is 0 Å². The zero-order valence-electron chi connectivity index (χ0n) is 16.7. The fourth-order valence-corrected chi connectivity index (χ4v) is 4.33. The molecule has 0 spiro atoms. The van der Waals surface area contributed by atoms with Crippen molar-refractivity contribution in [3.8, 4) is 0 Å². The standard InChI is InChI=1S/C25H21Cl2FN2O/c26-18-9-8-16(23(27)13-18)10-11-29-25(31)14-21(17-4-3-5-19(28)12-17)22-15-30-24-7-2-1-6-20(22)24/h1-9,12-13,15,21,30H,10-11,14H2,(H,29,31). The van der Waals surface area contributed by atoms with Crippen molar-refractivity contribution < 1.29 is 9.18 Å². The maximum absolute atomic E-state index is 13.9. The number of aromatic amines is 1. The first-order valence-electron chi connectivity index (χ1n) is 10.0. The van der Waals surface area contributed by atoms with Crippen molar-refractivity contribution in [3.05, 3.63) is 105 Å². The van der Waals surface area contributed by atoms with Crippen LogP contribution in [0.15, 0.2) is 72.9 Å². The van der Waals surface area contributed by atoms with Crippen molar-refractivity contribution in [3.63, 3.8) is 0 Å². The number of fused-ring (bicyclic) bond motifs is 1. The zero-order valence-corrected chi connectivity index (χ0v) is 18.2. The highest BCUT2D eigenvalue weighted by atomic mass is 35.5. The first kappa shape index (κ1) is 21.4. The van der Waals surface area contributed by atoms with Gasteiger partial charge in [0.2, 0.25) is 5.91 Å². The van der Waals surface area contributed by atoms with Crippen molar-refractivity contribution in [1.82, 2.24) is 10.3 Å². The van der Waals surface area contributed by atoms with Gasteiger partial charge < -0.3 is 10.3 Å². The number of carbonyl (C=O) groups is 1. The summed E-state index contributed by atoms with van der Waals surface area (Å²) in [6.45, 7) is 0.448. The molecule has 2 N–H and O–H groups in total. The molecule has 158 valence electrons. The lowest BCUT2D eigenvalue weighted by Crippen LogP contribution is -2.27. The van der Waals surface area contributed by atoms with Crippen LogP contribution in [0.1, 0.15) is 29.0 Å². The maximum Gasteiger partial charge on any atom is 0.220 e. The number of hydrogen-bond acceptors (Lipinski definition) is 1. The Bertz CT molecular complexity index is 1220. The van der Waals surface area contributed by atoms with Gasteiger partial charge in [0.1, 0.15) is 5.82 Å². The molecule has 0 radical (unpaired) electrons. The summed E-state index contributed by atoms with van der Waals surface area (Å²) in [5, 5.41) is 5.15.